The molecule has 88 valence electrons. The van der Waals surface area contributed by atoms with Crippen LogP contribution < -0.4 is 4.74 Å². The van der Waals surface area contributed by atoms with Gasteiger partial charge in [0.15, 0.2) is 0 Å². The number of hydrogen-bond donors (Lipinski definition) is 0. The molecule has 0 spiro atoms. The lowest BCUT2D eigenvalue weighted by Gasteiger charge is -2.13. The lowest BCUT2D eigenvalue weighted by atomic mass is 10.1. The van der Waals surface area contributed by atoms with E-state index in [1.54, 1.807) is 0 Å². The fraction of sp³-hybridized carbons (Fsp3) is 0.222. The highest BCUT2D eigenvalue weighted by Crippen LogP contribution is 2.39. The van der Waals surface area contributed by atoms with E-state index in [0.29, 0.717) is 0 Å². The van der Waals surface area contributed by atoms with Crippen LogP contribution in [0.5, 0.6) is 5.75 Å². The molecule has 0 radical (unpaired) electrons. The van der Waals surface area contributed by atoms with E-state index in [4.69, 9.17) is 16.3 Å². The molecule has 0 aromatic heterocycles. The van der Waals surface area contributed by atoms with Crippen molar-refractivity contribution >= 4 is 32.8 Å². The average molecular weight is 317 g/mol. The van der Waals surface area contributed by atoms with Crippen LogP contribution >= 0.6 is 27.5 Å². The number of rotatable bonds is 2. The summed E-state index contributed by atoms with van der Waals surface area (Å²) < 4.78 is 42.3. The predicted molar refractivity (Wildman–Crippen MR) is 55.9 cm³/mol. The fourth-order valence-electron chi connectivity index (χ4n) is 1.14. The molecule has 0 saturated carbocycles. The van der Waals surface area contributed by atoms with Gasteiger partial charge in [0.25, 0.3) is 5.24 Å². The summed E-state index contributed by atoms with van der Waals surface area (Å²) >= 11 is 7.98. The van der Waals surface area contributed by atoms with Crippen LogP contribution in [0, 0.1) is 0 Å². The molecule has 16 heavy (non-hydrogen) atoms. The summed E-state index contributed by atoms with van der Waals surface area (Å²) in [6.07, 6.45) is -4.64. The van der Waals surface area contributed by atoms with Crippen molar-refractivity contribution in [3.8, 4) is 5.75 Å². The van der Waals surface area contributed by atoms with Crippen molar-refractivity contribution in [2.75, 3.05) is 7.11 Å². The van der Waals surface area contributed by atoms with Crippen molar-refractivity contribution in [1.29, 1.82) is 0 Å². The third-order valence-corrected chi connectivity index (χ3v) is 2.80. The first kappa shape index (κ1) is 13.3. The minimum absolute atomic E-state index is 0.107. The van der Waals surface area contributed by atoms with Gasteiger partial charge in [-0.05, 0) is 39.7 Å². The van der Waals surface area contributed by atoms with Crippen LogP contribution in [0.4, 0.5) is 13.2 Å². The average Bonchev–Trinajstić information content (AvgIpc) is 2.15. The highest BCUT2D eigenvalue weighted by atomic mass is 79.9. The van der Waals surface area contributed by atoms with Crippen LogP contribution in [0.25, 0.3) is 0 Å². The molecule has 0 aliphatic carbocycles. The van der Waals surface area contributed by atoms with Crippen LogP contribution in [-0.2, 0) is 6.18 Å². The van der Waals surface area contributed by atoms with E-state index in [-0.39, 0.29) is 10.2 Å². The van der Waals surface area contributed by atoms with Gasteiger partial charge in [0, 0.05) is 0 Å². The zero-order valence-electron chi connectivity index (χ0n) is 7.86. The maximum Gasteiger partial charge on any atom is 0.417 e. The monoisotopic (exact) mass is 316 g/mol. The molecular weight excluding hydrogens is 312 g/mol. The summed E-state index contributed by atoms with van der Waals surface area (Å²) in [5, 5.41) is -1.20. The number of carbonyl (C=O) groups is 1. The molecule has 0 unspecified atom stereocenters. The molecule has 2 nitrogen and oxygen atoms in total. The summed E-state index contributed by atoms with van der Waals surface area (Å²) in [5.74, 6) is 0.108. The first-order valence-corrected chi connectivity index (χ1v) is 5.09. The molecule has 0 atom stereocenters. The van der Waals surface area contributed by atoms with Crippen molar-refractivity contribution < 1.29 is 22.7 Å². The Labute approximate surface area is 102 Å². The summed E-state index contributed by atoms with van der Waals surface area (Å²) in [5.41, 5.74) is -1.74. The number of ether oxygens (including phenoxy) is 1. The van der Waals surface area contributed by atoms with E-state index in [9.17, 15) is 18.0 Å². The largest absolute Gasteiger partial charge is 0.496 e. The second kappa shape index (κ2) is 4.63. The third-order valence-electron chi connectivity index (χ3n) is 1.83. The minimum atomic E-state index is -4.64. The minimum Gasteiger partial charge on any atom is -0.496 e. The normalized spacial score (nSPS) is 11.4. The van der Waals surface area contributed by atoms with Gasteiger partial charge in [-0.25, -0.2) is 0 Å². The molecular formula is C9H5BrClF3O2. The number of hydrogen-bond acceptors (Lipinski definition) is 2. The van der Waals surface area contributed by atoms with Crippen LogP contribution in [0.1, 0.15) is 15.9 Å². The molecule has 1 aromatic carbocycles. The lowest BCUT2D eigenvalue weighted by Crippen LogP contribution is -2.12. The molecule has 7 heteroatoms. The Bertz CT molecular complexity index is 431. The van der Waals surface area contributed by atoms with Crippen LogP contribution in [0.2, 0.25) is 0 Å². The van der Waals surface area contributed by atoms with E-state index < -0.39 is 22.5 Å². The van der Waals surface area contributed by atoms with Gasteiger partial charge in [-0.2, -0.15) is 13.2 Å². The predicted octanol–water partition coefficient (Wildman–Crippen LogP) is 3.86. The molecule has 0 bridgehead atoms. The van der Waals surface area contributed by atoms with Gasteiger partial charge < -0.3 is 4.74 Å². The van der Waals surface area contributed by atoms with Crippen LogP contribution in [0.3, 0.4) is 0 Å². The number of benzene rings is 1. The molecule has 0 N–H and O–H groups in total. The Morgan fingerprint density at radius 1 is 1.44 bits per heavy atom. The molecule has 0 heterocycles. The summed E-state index contributed by atoms with van der Waals surface area (Å²) in [7, 11) is 1.27. The van der Waals surface area contributed by atoms with E-state index in [1.807, 2.05) is 0 Å². The second-order valence-electron chi connectivity index (χ2n) is 2.78. The number of alkyl halides is 3. The summed E-state index contributed by atoms with van der Waals surface area (Å²) in [6.45, 7) is 0. The van der Waals surface area contributed by atoms with Crippen molar-refractivity contribution in [2.24, 2.45) is 0 Å². The first-order chi connectivity index (χ1) is 7.29. The maximum absolute atomic E-state index is 12.6. The maximum atomic E-state index is 12.6. The van der Waals surface area contributed by atoms with E-state index in [1.165, 1.54) is 7.11 Å². The van der Waals surface area contributed by atoms with Gasteiger partial charge in [-0.15, -0.1) is 0 Å². The topological polar surface area (TPSA) is 26.3 Å². The molecule has 0 fully saturated rings. The van der Waals surface area contributed by atoms with Gasteiger partial charge in [-0.3, -0.25) is 4.79 Å². The van der Waals surface area contributed by atoms with Crippen molar-refractivity contribution in [2.45, 2.75) is 6.18 Å². The number of carbonyl (C=O) groups excluding carboxylic acids is 1. The van der Waals surface area contributed by atoms with Crippen LogP contribution in [-0.4, -0.2) is 12.4 Å². The zero-order valence-corrected chi connectivity index (χ0v) is 10.2. The SMILES string of the molecule is COc1ccc(C(F)(F)F)c(C(=O)Cl)c1Br. The zero-order chi connectivity index (χ0) is 12.5. The smallest absolute Gasteiger partial charge is 0.417 e. The fourth-order valence-corrected chi connectivity index (χ4v) is 2.14. The highest BCUT2D eigenvalue weighted by Gasteiger charge is 2.36. The van der Waals surface area contributed by atoms with Gasteiger partial charge in [0.1, 0.15) is 5.75 Å². The lowest BCUT2D eigenvalue weighted by molar-refractivity contribution is -0.137. The third kappa shape index (κ3) is 2.49. The Kier molecular flexibility index (Phi) is 3.85. The van der Waals surface area contributed by atoms with Crippen molar-refractivity contribution in [3.05, 3.63) is 27.7 Å². The number of methoxy groups -OCH3 is 1. The molecule has 0 saturated heterocycles. The summed E-state index contributed by atoms with van der Waals surface area (Å²) in [6, 6.07) is 1.86. The molecule has 1 rings (SSSR count). The Morgan fingerprint density at radius 3 is 2.38 bits per heavy atom. The Hall–Kier alpha value is -0.750. The molecule has 0 aliphatic heterocycles. The van der Waals surface area contributed by atoms with E-state index in [0.717, 1.165) is 12.1 Å². The van der Waals surface area contributed by atoms with Gasteiger partial charge in [-0.1, -0.05) is 0 Å². The van der Waals surface area contributed by atoms with Crippen molar-refractivity contribution in [3.63, 3.8) is 0 Å². The van der Waals surface area contributed by atoms with E-state index in [2.05, 4.69) is 15.9 Å². The first-order valence-electron chi connectivity index (χ1n) is 3.92. The standard InChI is InChI=1S/C9H5BrClF3O2/c1-16-5-3-2-4(9(12,13)14)6(7(5)10)8(11)15/h2-3H,1H3. The van der Waals surface area contributed by atoms with E-state index >= 15 is 0 Å². The molecule has 0 amide bonds. The second-order valence-corrected chi connectivity index (χ2v) is 3.91. The van der Waals surface area contributed by atoms with Crippen molar-refractivity contribution in [1.82, 2.24) is 0 Å². The van der Waals surface area contributed by atoms with Gasteiger partial charge >= 0.3 is 6.18 Å². The quantitative estimate of drug-likeness (QED) is 0.774. The molecule has 1 aromatic rings. The Balaban J connectivity index is 3.53. The van der Waals surface area contributed by atoms with Gasteiger partial charge in [0.2, 0.25) is 0 Å². The van der Waals surface area contributed by atoms with Gasteiger partial charge in [0.05, 0.1) is 22.7 Å². The number of halogens is 5. The van der Waals surface area contributed by atoms with Crippen LogP contribution in [0.15, 0.2) is 16.6 Å². The molecule has 0 aliphatic rings. The summed E-state index contributed by atoms with van der Waals surface area (Å²) in [4.78, 5) is 11.0. The highest BCUT2D eigenvalue weighted by molar-refractivity contribution is 9.10. The Morgan fingerprint density at radius 2 is 2.00 bits per heavy atom.